The number of nitrogens with zero attached hydrogens (tertiary/aromatic N) is 1. The Morgan fingerprint density at radius 1 is 1.32 bits per heavy atom. The Morgan fingerprint density at radius 3 is 2.91 bits per heavy atom. The van der Waals surface area contributed by atoms with Crippen molar-refractivity contribution in [3.63, 3.8) is 0 Å². The molecule has 0 unspecified atom stereocenters. The van der Waals surface area contributed by atoms with Crippen molar-refractivity contribution in [1.82, 2.24) is 9.88 Å². The Bertz CT molecular complexity index is 687. The summed E-state index contributed by atoms with van der Waals surface area (Å²) in [7, 11) is 0. The van der Waals surface area contributed by atoms with E-state index in [1.807, 2.05) is 6.07 Å². The zero-order valence-corrected chi connectivity index (χ0v) is 13.3. The highest BCUT2D eigenvalue weighted by molar-refractivity contribution is 5.99. The summed E-state index contributed by atoms with van der Waals surface area (Å²) in [4.78, 5) is 12.2. The number of nitrogens with two attached hydrogens (primary N) is 1. The average molecular weight is 299 g/mol. The van der Waals surface area contributed by atoms with Crippen molar-refractivity contribution in [3.8, 4) is 0 Å². The van der Waals surface area contributed by atoms with E-state index < -0.39 is 0 Å². The summed E-state index contributed by atoms with van der Waals surface area (Å²) in [5, 5.41) is 4.21. The van der Waals surface area contributed by atoms with E-state index in [4.69, 9.17) is 5.73 Å². The molecule has 0 bridgehead atoms. The molecule has 0 spiro atoms. The molecule has 0 saturated carbocycles. The summed E-state index contributed by atoms with van der Waals surface area (Å²) in [6, 6.07) is 6.12. The van der Waals surface area contributed by atoms with Crippen LogP contribution in [0.2, 0.25) is 0 Å². The smallest absolute Gasteiger partial charge is 0.251 e. The highest BCUT2D eigenvalue weighted by Gasteiger charge is 2.20. The molecule has 1 aromatic carbocycles. The number of hydrogen-bond donors (Lipinski definition) is 2. The van der Waals surface area contributed by atoms with Gasteiger partial charge in [-0.2, -0.15) is 0 Å². The number of carbonyl (C=O) groups is 1. The SMILES string of the molecule is CCn1c2c(c3cc(C(=O)NCCCN)ccc31)CCCC2. The Hall–Kier alpha value is -1.81. The van der Waals surface area contributed by atoms with Gasteiger partial charge in [-0.05, 0) is 69.3 Å². The minimum Gasteiger partial charge on any atom is -0.352 e. The van der Waals surface area contributed by atoms with Crippen LogP contribution in [0.25, 0.3) is 10.9 Å². The lowest BCUT2D eigenvalue weighted by atomic mass is 9.95. The predicted octanol–water partition coefficient (Wildman–Crippen LogP) is 2.62. The van der Waals surface area contributed by atoms with E-state index in [2.05, 4.69) is 28.9 Å². The van der Waals surface area contributed by atoms with Crippen LogP contribution in [-0.2, 0) is 19.4 Å². The van der Waals surface area contributed by atoms with Crippen LogP contribution in [0.5, 0.6) is 0 Å². The first-order valence-electron chi connectivity index (χ1n) is 8.38. The third kappa shape index (κ3) is 2.63. The van der Waals surface area contributed by atoms with Crippen molar-refractivity contribution in [3.05, 3.63) is 35.0 Å². The van der Waals surface area contributed by atoms with Gasteiger partial charge in [0, 0.05) is 35.2 Å². The Kier molecular flexibility index (Phi) is 4.48. The van der Waals surface area contributed by atoms with Gasteiger partial charge in [0.1, 0.15) is 0 Å². The largest absolute Gasteiger partial charge is 0.352 e. The van der Waals surface area contributed by atoms with Crippen molar-refractivity contribution in [2.45, 2.75) is 45.6 Å². The summed E-state index contributed by atoms with van der Waals surface area (Å²) >= 11 is 0. The first-order chi connectivity index (χ1) is 10.8. The number of aryl methyl sites for hydroxylation is 2. The number of hydrogen-bond acceptors (Lipinski definition) is 2. The van der Waals surface area contributed by atoms with Crippen molar-refractivity contribution in [1.29, 1.82) is 0 Å². The maximum Gasteiger partial charge on any atom is 0.251 e. The van der Waals surface area contributed by atoms with Gasteiger partial charge >= 0.3 is 0 Å². The van der Waals surface area contributed by atoms with Gasteiger partial charge in [0.15, 0.2) is 0 Å². The van der Waals surface area contributed by atoms with Gasteiger partial charge in [-0.3, -0.25) is 4.79 Å². The molecule has 1 aliphatic rings. The number of amides is 1. The van der Waals surface area contributed by atoms with Crippen LogP contribution in [-0.4, -0.2) is 23.6 Å². The van der Waals surface area contributed by atoms with Crippen LogP contribution < -0.4 is 11.1 Å². The summed E-state index contributed by atoms with van der Waals surface area (Å²) in [6.45, 7) is 4.43. The molecule has 3 rings (SSSR count). The van der Waals surface area contributed by atoms with E-state index in [9.17, 15) is 4.79 Å². The molecular formula is C18H25N3O. The van der Waals surface area contributed by atoms with E-state index in [0.29, 0.717) is 13.1 Å². The third-order valence-electron chi connectivity index (χ3n) is 4.62. The molecular weight excluding hydrogens is 274 g/mol. The van der Waals surface area contributed by atoms with Gasteiger partial charge in [0.05, 0.1) is 0 Å². The fraction of sp³-hybridized carbons (Fsp3) is 0.500. The molecule has 4 nitrogen and oxygen atoms in total. The zero-order valence-electron chi connectivity index (χ0n) is 13.3. The third-order valence-corrected chi connectivity index (χ3v) is 4.62. The molecule has 2 aromatic rings. The van der Waals surface area contributed by atoms with E-state index in [-0.39, 0.29) is 5.91 Å². The molecule has 22 heavy (non-hydrogen) atoms. The van der Waals surface area contributed by atoms with Crippen molar-refractivity contribution in [2.24, 2.45) is 5.73 Å². The van der Waals surface area contributed by atoms with E-state index in [1.165, 1.54) is 35.0 Å². The Morgan fingerprint density at radius 2 is 2.14 bits per heavy atom. The summed E-state index contributed by atoms with van der Waals surface area (Å²) in [5.41, 5.74) is 10.4. The number of benzene rings is 1. The summed E-state index contributed by atoms with van der Waals surface area (Å²) in [6.07, 6.45) is 5.64. The van der Waals surface area contributed by atoms with Gasteiger partial charge in [0.2, 0.25) is 0 Å². The molecule has 0 radical (unpaired) electrons. The molecule has 0 saturated heterocycles. The number of fused-ring (bicyclic) bond motifs is 3. The van der Waals surface area contributed by atoms with Gasteiger partial charge in [-0.25, -0.2) is 0 Å². The minimum atomic E-state index is 0.00385. The second-order valence-electron chi connectivity index (χ2n) is 6.01. The lowest BCUT2D eigenvalue weighted by molar-refractivity contribution is 0.0953. The van der Waals surface area contributed by atoms with E-state index >= 15 is 0 Å². The van der Waals surface area contributed by atoms with Crippen LogP contribution in [0.3, 0.4) is 0 Å². The lowest BCUT2D eigenvalue weighted by Crippen LogP contribution is -2.25. The normalized spacial score (nSPS) is 14.1. The molecule has 4 heteroatoms. The zero-order chi connectivity index (χ0) is 15.5. The summed E-state index contributed by atoms with van der Waals surface area (Å²) in [5.74, 6) is 0.00385. The second-order valence-corrected chi connectivity index (χ2v) is 6.01. The molecule has 118 valence electrons. The average Bonchev–Trinajstić information content (AvgIpc) is 2.88. The molecule has 1 amide bonds. The van der Waals surface area contributed by atoms with Crippen LogP contribution in [0, 0.1) is 0 Å². The van der Waals surface area contributed by atoms with Gasteiger partial charge < -0.3 is 15.6 Å². The Labute approximate surface area is 131 Å². The number of aromatic nitrogens is 1. The van der Waals surface area contributed by atoms with Gasteiger partial charge in [-0.1, -0.05) is 0 Å². The Balaban J connectivity index is 1.97. The quantitative estimate of drug-likeness (QED) is 0.834. The van der Waals surface area contributed by atoms with Crippen LogP contribution >= 0.6 is 0 Å². The molecule has 1 aliphatic carbocycles. The minimum absolute atomic E-state index is 0.00385. The molecule has 1 aromatic heterocycles. The van der Waals surface area contributed by atoms with Gasteiger partial charge in [0.25, 0.3) is 5.91 Å². The topological polar surface area (TPSA) is 60.0 Å². The predicted molar refractivity (Wildman–Crippen MR) is 90.3 cm³/mol. The maximum atomic E-state index is 12.2. The second kappa shape index (κ2) is 6.53. The molecule has 0 fully saturated rings. The molecule has 1 heterocycles. The molecule has 0 atom stereocenters. The van der Waals surface area contributed by atoms with E-state index in [1.54, 1.807) is 0 Å². The fourth-order valence-electron chi connectivity index (χ4n) is 3.54. The molecule has 0 aliphatic heterocycles. The van der Waals surface area contributed by atoms with Crippen molar-refractivity contribution >= 4 is 16.8 Å². The van der Waals surface area contributed by atoms with Crippen LogP contribution in [0.4, 0.5) is 0 Å². The van der Waals surface area contributed by atoms with E-state index in [0.717, 1.165) is 31.4 Å². The lowest BCUT2D eigenvalue weighted by Gasteiger charge is -2.14. The van der Waals surface area contributed by atoms with Crippen molar-refractivity contribution < 1.29 is 4.79 Å². The monoisotopic (exact) mass is 299 g/mol. The summed E-state index contributed by atoms with van der Waals surface area (Å²) < 4.78 is 2.42. The first-order valence-corrected chi connectivity index (χ1v) is 8.38. The molecule has 3 N–H and O–H groups in total. The van der Waals surface area contributed by atoms with Crippen molar-refractivity contribution in [2.75, 3.05) is 13.1 Å². The maximum absolute atomic E-state index is 12.2. The van der Waals surface area contributed by atoms with Crippen LogP contribution in [0.1, 0.15) is 47.8 Å². The highest BCUT2D eigenvalue weighted by Crippen LogP contribution is 2.32. The fourth-order valence-corrected chi connectivity index (χ4v) is 3.54. The number of nitrogens with one attached hydrogen (secondary N) is 1. The van der Waals surface area contributed by atoms with Gasteiger partial charge in [-0.15, -0.1) is 0 Å². The number of carbonyl (C=O) groups excluding carboxylic acids is 1. The standard InChI is InChI=1S/C18H25N3O/c1-2-21-16-7-4-3-6-14(16)15-12-13(8-9-17(15)21)18(22)20-11-5-10-19/h8-9,12H,2-7,10-11,19H2,1H3,(H,20,22). The number of rotatable bonds is 5. The first kappa shape index (κ1) is 15.1. The van der Waals surface area contributed by atoms with Crippen LogP contribution in [0.15, 0.2) is 18.2 Å². The highest BCUT2D eigenvalue weighted by atomic mass is 16.1.